The van der Waals surface area contributed by atoms with E-state index in [2.05, 4.69) is 0 Å². The Morgan fingerprint density at radius 2 is 1.93 bits per heavy atom. The monoisotopic (exact) mass is 212 g/mol. The molecule has 1 aromatic rings. The molecule has 0 heterocycles. The number of halogens is 1. The van der Waals surface area contributed by atoms with Crippen molar-refractivity contribution in [3.05, 3.63) is 34.9 Å². The number of hydrogen-bond acceptors (Lipinski definition) is 2. The van der Waals surface area contributed by atoms with Gasteiger partial charge in [0.25, 0.3) is 0 Å². The molecular weight excluding hydrogens is 200 g/mol. The summed E-state index contributed by atoms with van der Waals surface area (Å²) in [7, 11) is 0. The zero-order valence-electron chi connectivity index (χ0n) is 8.29. The first-order valence-electron chi connectivity index (χ1n) is 4.50. The average Bonchev–Trinajstić information content (AvgIpc) is 2.16. The van der Waals surface area contributed by atoms with Crippen molar-refractivity contribution >= 4 is 17.6 Å². The fourth-order valence-electron chi connectivity index (χ4n) is 0.902. The van der Waals surface area contributed by atoms with Gasteiger partial charge in [-0.3, -0.25) is 4.79 Å². The Labute approximate surface area is 88.8 Å². The molecule has 0 aromatic heterocycles. The Kier molecular flexibility index (Phi) is 3.96. The largest absolute Gasteiger partial charge is 0.461 e. The lowest BCUT2D eigenvalue weighted by Crippen LogP contribution is -2.11. The molecule has 0 aliphatic carbocycles. The highest BCUT2D eigenvalue weighted by atomic mass is 35.5. The Morgan fingerprint density at radius 3 is 2.43 bits per heavy atom. The van der Waals surface area contributed by atoms with Crippen molar-refractivity contribution in [1.29, 1.82) is 0 Å². The molecule has 0 unspecified atom stereocenters. The van der Waals surface area contributed by atoms with Crippen LogP contribution in [0.5, 0.6) is 0 Å². The van der Waals surface area contributed by atoms with Crippen LogP contribution in [0.1, 0.15) is 19.4 Å². The number of ether oxygens (including phenoxy) is 1. The van der Waals surface area contributed by atoms with Crippen LogP contribution in [0.3, 0.4) is 0 Å². The molecular formula is C11H13ClO2. The topological polar surface area (TPSA) is 26.3 Å². The number of esters is 1. The zero-order chi connectivity index (χ0) is 10.6. The minimum Gasteiger partial charge on any atom is -0.461 e. The first-order chi connectivity index (χ1) is 6.59. The van der Waals surface area contributed by atoms with Gasteiger partial charge in [0.1, 0.15) is 6.61 Å². The molecule has 76 valence electrons. The van der Waals surface area contributed by atoms with Crippen LogP contribution in [-0.2, 0) is 16.1 Å². The Hall–Kier alpha value is -1.02. The molecule has 0 amide bonds. The van der Waals surface area contributed by atoms with Gasteiger partial charge in [0.2, 0.25) is 0 Å². The van der Waals surface area contributed by atoms with Crippen LogP contribution in [0.4, 0.5) is 0 Å². The van der Waals surface area contributed by atoms with E-state index in [0.29, 0.717) is 11.6 Å². The van der Waals surface area contributed by atoms with Crippen LogP contribution >= 0.6 is 11.6 Å². The molecule has 0 N–H and O–H groups in total. The normalized spacial score (nSPS) is 10.3. The lowest BCUT2D eigenvalue weighted by atomic mass is 10.2. The van der Waals surface area contributed by atoms with E-state index < -0.39 is 0 Å². The van der Waals surface area contributed by atoms with Gasteiger partial charge in [-0.1, -0.05) is 37.6 Å². The summed E-state index contributed by atoms with van der Waals surface area (Å²) in [5.74, 6) is -0.262. The summed E-state index contributed by atoms with van der Waals surface area (Å²) >= 11 is 5.72. The van der Waals surface area contributed by atoms with Gasteiger partial charge in [-0.25, -0.2) is 0 Å². The molecule has 0 bridgehead atoms. The van der Waals surface area contributed by atoms with E-state index in [1.165, 1.54) is 0 Å². The number of carbonyl (C=O) groups is 1. The number of hydrogen-bond donors (Lipinski definition) is 0. The van der Waals surface area contributed by atoms with Gasteiger partial charge in [-0.05, 0) is 17.7 Å². The van der Waals surface area contributed by atoms with Crippen molar-refractivity contribution in [1.82, 2.24) is 0 Å². The maximum Gasteiger partial charge on any atom is 0.308 e. The molecule has 1 rings (SSSR count). The molecule has 0 aliphatic rings. The lowest BCUT2D eigenvalue weighted by Gasteiger charge is -2.06. The molecule has 1 aromatic carbocycles. The van der Waals surface area contributed by atoms with E-state index in [1.807, 2.05) is 26.0 Å². The molecule has 0 aliphatic heterocycles. The van der Waals surface area contributed by atoms with Gasteiger partial charge in [-0.15, -0.1) is 0 Å². The van der Waals surface area contributed by atoms with E-state index in [9.17, 15) is 4.79 Å². The second-order valence-electron chi connectivity index (χ2n) is 3.39. The van der Waals surface area contributed by atoms with E-state index in [0.717, 1.165) is 5.56 Å². The SMILES string of the molecule is CC(C)C(=O)OCc1ccc(Cl)cc1. The van der Waals surface area contributed by atoms with Gasteiger partial charge in [0.05, 0.1) is 5.92 Å². The zero-order valence-corrected chi connectivity index (χ0v) is 9.04. The predicted octanol–water partition coefficient (Wildman–Crippen LogP) is 3.04. The molecule has 0 fully saturated rings. The predicted molar refractivity (Wildman–Crippen MR) is 56.1 cm³/mol. The Morgan fingerprint density at radius 1 is 1.36 bits per heavy atom. The number of carbonyl (C=O) groups excluding carboxylic acids is 1. The smallest absolute Gasteiger partial charge is 0.308 e. The van der Waals surface area contributed by atoms with Gasteiger partial charge >= 0.3 is 5.97 Å². The summed E-state index contributed by atoms with van der Waals surface area (Å²) in [6.07, 6.45) is 0. The highest BCUT2D eigenvalue weighted by molar-refractivity contribution is 6.30. The van der Waals surface area contributed by atoms with Crippen molar-refractivity contribution in [2.45, 2.75) is 20.5 Å². The molecule has 0 saturated heterocycles. The van der Waals surface area contributed by atoms with Gasteiger partial charge in [0, 0.05) is 5.02 Å². The third-order valence-corrected chi connectivity index (χ3v) is 2.02. The third kappa shape index (κ3) is 3.38. The summed E-state index contributed by atoms with van der Waals surface area (Å²) in [5.41, 5.74) is 0.948. The van der Waals surface area contributed by atoms with E-state index >= 15 is 0 Å². The van der Waals surface area contributed by atoms with Crippen LogP contribution < -0.4 is 0 Å². The quantitative estimate of drug-likeness (QED) is 0.720. The van der Waals surface area contributed by atoms with Crippen LogP contribution in [0, 0.1) is 5.92 Å². The van der Waals surface area contributed by atoms with Crippen molar-refractivity contribution in [3.63, 3.8) is 0 Å². The van der Waals surface area contributed by atoms with Gasteiger partial charge < -0.3 is 4.74 Å². The van der Waals surface area contributed by atoms with Crippen LogP contribution in [0.2, 0.25) is 5.02 Å². The van der Waals surface area contributed by atoms with Gasteiger partial charge in [0.15, 0.2) is 0 Å². The standard InChI is InChI=1S/C11H13ClO2/c1-8(2)11(13)14-7-9-3-5-10(12)6-4-9/h3-6,8H,7H2,1-2H3. The van der Waals surface area contributed by atoms with E-state index in [-0.39, 0.29) is 11.9 Å². The first-order valence-corrected chi connectivity index (χ1v) is 4.88. The Bertz CT molecular complexity index is 304. The van der Waals surface area contributed by atoms with Crippen molar-refractivity contribution in [2.75, 3.05) is 0 Å². The average molecular weight is 213 g/mol. The fraction of sp³-hybridized carbons (Fsp3) is 0.364. The molecule has 0 saturated carbocycles. The highest BCUT2D eigenvalue weighted by Gasteiger charge is 2.07. The molecule has 0 spiro atoms. The highest BCUT2D eigenvalue weighted by Crippen LogP contribution is 2.10. The third-order valence-electron chi connectivity index (χ3n) is 1.77. The number of rotatable bonds is 3. The molecule has 0 atom stereocenters. The minimum absolute atomic E-state index is 0.0812. The molecule has 0 radical (unpaired) electrons. The second-order valence-corrected chi connectivity index (χ2v) is 3.83. The number of benzene rings is 1. The lowest BCUT2D eigenvalue weighted by molar-refractivity contribution is -0.148. The molecule has 3 heteroatoms. The van der Waals surface area contributed by atoms with E-state index in [1.54, 1.807) is 12.1 Å². The molecule has 14 heavy (non-hydrogen) atoms. The van der Waals surface area contributed by atoms with Crippen LogP contribution in [0.25, 0.3) is 0 Å². The van der Waals surface area contributed by atoms with E-state index in [4.69, 9.17) is 16.3 Å². The summed E-state index contributed by atoms with van der Waals surface area (Å²) in [6, 6.07) is 7.24. The first kappa shape index (κ1) is 11.1. The van der Waals surface area contributed by atoms with Crippen molar-refractivity contribution < 1.29 is 9.53 Å². The maximum absolute atomic E-state index is 11.1. The summed E-state index contributed by atoms with van der Waals surface area (Å²) in [5, 5.41) is 0.684. The van der Waals surface area contributed by atoms with Crippen molar-refractivity contribution in [3.8, 4) is 0 Å². The second kappa shape index (κ2) is 5.01. The fourth-order valence-corrected chi connectivity index (χ4v) is 1.03. The van der Waals surface area contributed by atoms with Crippen molar-refractivity contribution in [2.24, 2.45) is 5.92 Å². The summed E-state index contributed by atoms with van der Waals surface area (Å²) < 4.78 is 5.05. The molecule has 2 nitrogen and oxygen atoms in total. The Balaban J connectivity index is 2.46. The van der Waals surface area contributed by atoms with Crippen LogP contribution in [0.15, 0.2) is 24.3 Å². The summed E-state index contributed by atoms with van der Waals surface area (Å²) in [6.45, 7) is 3.93. The van der Waals surface area contributed by atoms with Gasteiger partial charge in [-0.2, -0.15) is 0 Å². The minimum atomic E-state index is -0.181. The maximum atomic E-state index is 11.1. The summed E-state index contributed by atoms with van der Waals surface area (Å²) in [4.78, 5) is 11.1. The van der Waals surface area contributed by atoms with Crippen LogP contribution in [-0.4, -0.2) is 5.97 Å².